The average molecular weight is 248 g/mol. The van der Waals surface area contributed by atoms with Crippen molar-refractivity contribution in [2.45, 2.75) is 26.8 Å². The Labute approximate surface area is 104 Å². The third-order valence-electron chi connectivity index (χ3n) is 2.25. The van der Waals surface area contributed by atoms with Crippen LogP contribution in [0.25, 0.3) is 0 Å². The van der Waals surface area contributed by atoms with E-state index in [1.54, 1.807) is 0 Å². The van der Waals surface area contributed by atoms with E-state index in [0.29, 0.717) is 0 Å². The lowest BCUT2D eigenvalue weighted by Crippen LogP contribution is -2.18. The lowest BCUT2D eigenvalue weighted by Gasteiger charge is -2.04. The molecule has 1 aromatic heterocycles. The molecule has 1 heterocycles. The van der Waals surface area contributed by atoms with E-state index >= 15 is 0 Å². The molecule has 0 radical (unpaired) electrons. The Balaban J connectivity index is 0.00000225. The molecule has 0 amide bonds. The van der Waals surface area contributed by atoms with Gasteiger partial charge in [-0.2, -0.15) is 5.10 Å². The van der Waals surface area contributed by atoms with Crippen LogP contribution in [0.3, 0.4) is 0 Å². The zero-order valence-corrected chi connectivity index (χ0v) is 11.1. The van der Waals surface area contributed by atoms with Gasteiger partial charge in [-0.25, -0.2) is 0 Å². The third kappa shape index (κ3) is 5.49. The van der Waals surface area contributed by atoms with Crippen LogP contribution in [0, 0.1) is 6.92 Å². The predicted molar refractivity (Wildman–Crippen MR) is 68.0 cm³/mol. The summed E-state index contributed by atoms with van der Waals surface area (Å²) in [6.07, 6.45) is 1.06. The van der Waals surface area contributed by atoms with Crippen LogP contribution < -0.4 is 5.32 Å². The smallest absolute Gasteiger partial charge is 0.0597 e. The Bertz CT molecular complexity index is 289. The Hall–Kier alpha value is -0.580. The zero-order chi connectivity index (χ0) is 11.1. The molecule has 1 N–H and O–H groups in total. The first-order valence-corrected chi connectivity index (χ1v) is 5.52. The highest BCUT2D eigenvalue weighted by Crippen LogP contribution is 2.00. The first-order chi connectivity index (χ1) is 7.24. The third-order valence-corrected chi connectivity index (χ3v) is 2.25. The first kappa shape index (κ1) is 15.4. The number of nitrogens with zero attached hydrogens (tertiary/aromatic N) is 2. The van der Waals surface area contributed by atoms with E-state index in [9.17, 15) is 0 Å². The lowest BCUT2D eigenvalue weighted by molar-refractivity contribution is 0.144. The van der Waals surface area contributed by atoms with E-state index < -0.39 is 0 Å². The highest BCUT2D eigenvalue weighted by molar-refractivity contribution is 5.85. The fourth-order valence-electron chi connectivity index (χ4n) is 1.49. The Morgan fingerprint density at radius 3 is 2.81 bits per heavy atom. The van der Waals surface area contributed by atoms with Crippen LogP contribution in [0.1, 0.15) is 24.7 Å². The van der Waals surface area contributed by atoms with Gasteiger partial charge in [-0.05, 0) is 32.9 Å². The van der Waals surface area contributed by atoms with Gasteiger partial charge in [0.2, 0.25) is 0 Å². The van der Waals surface area contributed by atoms with Crippen molar-refractivity contribution in [2.75, 3.05) is 19.8 Å². The largest absolute Gasteiger partial charge is 0.382 e. The molecule has 1 rings (SSSR count). The summed E-state index contributed by atoms with van der Waals surface area (Å²) < 4.78 is 7.18. The van der Waals surface area contributed by atoms with Crippen molar-refractivity contribution in [1.29, 1.82) is 0 Å². The molecule has 0 aromatic carbocycles. The highest BCUT2D eigenvalue weighted by atomic mass is 35.5. The van der Waals surface area contributed by atoms with Gasteiger partial charge in [-0.15, -0.1) is 12.4 Å². The summed E-state index contributed by atoms with van der Waals surface area (Å²) in [6, 6.07) is 2.11. The van der Waals surface area contributed by atoms with Crippen molar-refractivity contribution in [3.8, 4) is 0 Å². The Kier molecular flexibility index (Phi) is 8.25. The Morgan fingerprint density at radius 2 is 2.25 bits per heavy atom. The number of aromatic nitrogens is 2. The summed E-state index contributed by atoms with van der Waals surface area (Å²) in [4.78, 5) is 0. The molecular formula is C11H22ClN3O. The van der Waals surface area contributed by atoms with Gasteiger partial charge in [-0.3, -0.25) is 4.68 Å². The maximum Gasteiger partial charge on any atom is 0.0597 e. The second-order valence-electron chi connectivity index (χ2n) is 3.63. The van der Waals surface area contributed by atoms with Gasteiger partial charge in [0, 0.05) is 26.8 Å². The fourth-order valence-corrected chi connectivity index (χ4v) is 1.49. The molecule has 94 valence electrons. The number of rotatable bonds is 7. The summed E-state index contributed by atoms with van der Waals surface area (Å²) in [5, 5.41) is 7.67. The van der Waals surface area contributed by atoms with E-state index in [2.05, 4.69) is 16.5 Å². The van der Waals surface area contributed by atoms with Crippen molar-refractivity contribution in [3.63, 3.8) is 0 Å². The van der Waals surface area contributed by atoms with E-state index in [1.165, 1.54) is 5.69 Å². The second-order valence-corrected chi connectivity index (χ2v) is 3.63. The van der Waals surface area contributed by atoms with Crippen LogP contribution in [0.2, 0.25) is 0 Å². The molecule has 0 unspecified atom stereocenters. The van der Waals surface area contributed by atoms with Crippen LogP contribution in [0.4, 0.5) is 0 Å². The molecule has 0 aliphatic carbocycles. The van der Waals surface area contributed by atoms with Crippen LogP contribution in [-0.2, 0) is 18.3 Å². The van der Waals surface area contributed by atoms with Crippen molar-refractivity contribution >= 4 is 12.4 Å². The summed E-state index contributed by atoms with van der Waals surface area (Å²) in [5.74, 6) is 0. The molecule has 16 heavy (non-hydrogen) atoms. The summed E-state index contributed by atoms with van der Waals surface area (Å²) in [6.45, 7) is 7.55. The van der Waals surface area contributed by atoms with Gasteiger partial charge in [0.1, 0.15) is 0 Å². The van der Waals surface area contributed by atoms with Crippen molar-refractivity contribution < 1.29 is 4.74 Å². The van der Waals surface area contributed by atoms with Gasteiger partial charge in [0.15, 0.2) is 0 Å². The van der Waals surface area contributed by atoms with Gasteiger partial charge < -0.3 is 10.1 Å². The van der Waals surface area contributed by atoms with Gasteiger partial charge in [0.05, 0.1) is 11.4 Å². The predicted octanol–water partition coefficient (Wildman–Crippen LogP) is 1.67. The highest BCUT2D eigenvalue weighted by Gasteiger charge is 2.00. The quantitative estimate of drug-likeness (QED) is 0.745. The number of halogens is 1. The van der Waals surface area contributed by atoms with E-state index in [1.807, 2.05) is 25.6 Å². The minimum Gasteiger partial charge on any atom is -0.382 e. The summed E-state index contributed by atoms with van der Waals surface area (Å²) >= 11 is 0. The molecule has 0 spiro atoms. The number of nitrogens with one attached hydrogen (secondary N) is 1. The van der Waals surface area contributed by atoms with Crippen LogP contribution >= 0.6 is 12.4 Å². The number of ether oxygens (including phenoxy) is 1. The fraction of sp³-hybridized carbons (Fsp3) is 0.727. The normalized spacial score (nSPS) is 10.2. The van der Waals surface area contributed by atoms with Gasteiger partial charge in [-0.1, -0.05) is 0 Å². The molecule has 5 heteroatoms. The molecule has 0 bridgehead atoms. The van der Waals surface area contributed by atoms with Crippen LogP contribution in [-0.4, -0.2) is 29.5 Å². The topological polar surface area (TPSA) is 39.1 Å². The molecule has 0 aliphatic heterocycles. The number of aryl methyl sites for hydroxylation is 2. The average Bonchev–Trinajstić information content (AvgIpc) is 2.51. The molecule has 0 saturated heterocycles. The lowest BCUT2D eigenvalue weighted by atomic mass is 10.3. The molecular weight excluding hydrogens is 226 g/mol. The molecule has 0 fully saturated rings. The van der Waals surface area contributed by atoms with Crippen molar-refractivity contribution in [2.24, 2.45) is 7.05 Å². The summed E-state index contributed by atoms with van der Waals surface area (Å²) in [5.41, 5.74) is 2.30. The maximum absolute atomic E-state index is 5.26. The number of hydrogen-bond acceptors (Lipinski definition) is 3. The van der Waals surface area contributed by atoms with Crippen molar-refractivity contribution in [1.82, 2.24) is 15.1 Å². The molecule has 4 nitrogen and oxygen atoms in total. The minimum atomic E-state index is 0. The van der Waals surface area contributed by atoms with Gasteiger partial charge in [0.25, 0.3) is 0 Å². The maximum atomic E-state index is 5.26. The molecule has 0 aliphatic rings. The van der Waals surface area contributed by atoms with Crippen LogP contribution in [0.5, 0.6) is 0 Å². The Morgan fingerprint density at radius 1 is 1.50 bits per heavy atom. The summed E-state index contributed by atoms with van der Waals surface area (Å²) in [7, 11) is 1.98. The van der Waals surface area contributed by atoms with Gasteiger partial charge >= 0.3 is 0 Å². The van der Waals surface area contributed by atoms with E-state index in [-0.39, 0.29) is 12.4 Å². The first-order valence-electron chi connectivity index (χ1n) is 5.52. The number of hydrogen-bond donors (Lipinski definition) is 1. The van der Waals surface area contributed by atoms with E-state index in [0.717, 1.165) is 38.4 Å². The standard InChI is InChI=1S/C11H21N3O.ClH/c1-4-15-7-5-6-12-9-11-8-10(2)13-14(11)3;/h8,12H,4-7,9H2,1-3H3;1H. The monoisotopic (exact) mass is 247 g/mol. The van der Waals surface area contributed by atoms with E-state index in [4.69, 9.17) is 4.74 Å². The van der Waals surface area contributed by atoms with Crippen LogP contribution in [0.15, 0.2) is 6.07 Å². The van der Waals surface area contributed by atoms with Crippen molar-refractivity contribution in [3.05, 3.63) is 17.5 Å². The SMILES string of the molecule is CCOCCCNCc1cc(C)nn1C.Cl. The zero-order valence-electron chi connectivity index (χ0n) is 10.3. The molecule has 0 atom stereocenters. The minimum absolute atomic E-state index is 0. The second kappa shape index (κ2) is 8.56. The molecule has 1 aromatic rings. The molecule has 0 saturated carbocycles.